The Labute approximate surface area is 128 Å². The summed E-state index contributed by atoms with van der Waals surface area (Å²) in [7, 11) is 0. The molecule has 116 valence electrons. The molecule has 0 bridgehead atoms. The lowest BCUT2D eigenvalue weighted by Crippen LogP contribution is -2.53. The van der Waals surface area contributed by atoms with E-state index in [4.69, 9.17) is 0 Å². The van der Waals surface area contributed by atoms with Crippen molar-refractivity contribution in [2.24, 2.45) is 5.92 Å². The highest BCUT2D eigenvalue weighted by Gasteiger charge is 2.42. The first kappa shape index (κ1) is 14.9. The van der Waals surface area contributed by atoms with E-state index in [2.05, 4.69) is 41.4 Å². The molecule has 1 saturated heterocycles. The predicted octanol–water partition coefficient (Wildman–Crippen LogP) is 2.93. The van der Waals surface area contributed by atoms with Gasteiger partial charge in [-0.2, -0.15) is 0 Å². The Balaban J connectivity index is 1.76. The Morgan fingerprint density at radius 2 is 2.14 bits per heavy atom. The number of nitrogens with one attached hydrogen (secondary N) is 1. The molecule has 1 aliphatic carbocycles. The van der Waals surface area contributed by atoms with E-state index in [-0.39, 0.29) is 5.60 Å². The molecule has 1 heterocycles. The summed E-state index contributed by atoms with van der Waals surface area (Å²) in [4.78, 5) is 2.50. The fourth-order valence-electron chi connectivity index (χ4n) is 4.02. The highest BCUT2D eigenvalue weighted by Crippen LogP contribution is 2.41. The molecule has 2 fully saturated rings. The minimum absolute atomic E-state index is 0.384. The Morgan fingerprint density at radius 3 is 3.00 bits per heavy atom. The second-order valence-corrected chi connectivity index (χ2v) is 6.65. The number of hydrogen-bond acceptors (Lipinski definition) is 3. The maximum absolute atomic E-state index is 10.8. The van der Waals surface area contributed by atoms with Gasteiger partial charge in [0.25, 0.3) is 0 Å². The highest BCUT2D eigenvalue weighted by molar-refractivity contribution is 5.54. The van der Waals surface area contributed by atoms with Gasteiger partial charge >= 0.3 is 0 Å². The number of rotatable bonds is 4. The first-order valence-electron chi connectivity index (χ1n) is 8.49. The average Bonchev–Trinajstić information content (AvgIpc) is 2.52. The number of hydrogen-bond donors (Lipinski definition) is 2. The first-order chi connectivity index (χ1) is 10.2. The molecule has 0 amide bonds. The van der Waals surface area contributed by atoms with Gasteiger partial charge in [-0.3, -0.25) is 0 Å². The standard InChI is InChI=1S/C18H28N2O/c1-2-19-13-15-7-3-4-9-17(15)20-12-11-18(21)10-6-5-8-16(18)14-20/h3-4,7,9,16,19,21H,2,5-6,8,10-14H2,1H3. The topological polar surface area (TPSA) is 35.5 Å². The van der Waals surface area contributed by atoms with Gasteiger partial charge in [-0.1, -0.05) is 38.0 Å². The predicted molar refractivity (Wildman–Crippen MR) is 87.6 cm³/mol. The zero-order valence-corrected chi connectivity index (χ0v) is 13.1. The Morgan fingerprint density at radius 1 is 1.29 bits per heavy atom. The summed E-state index contributed by atoms with van der Waals surface area (Å²) in [6, 6.07) is 8.71. The molecule has 1 saturated carbocycles. The van der Waals surface area contributed by atoms with Crippen molar-refractivity contribution in [1.29, 1.82) is 0 Å². The van der Waals surface area contributed by atoms with E-state index in [0.717, 1.165) is 39.0 Å². The summed E-state index contributed by atoms with van der Waals surface area (Å²) >= 11 is 0. The molecule has 2 aliphatic rings. The van der Waals surface area contributed by atoms with Crippen LogP contribution in [-0.4, -0.2) is 30.3 Å². The molecule has 1 aliphatic heterocycles. The average molecular weight is 288 g/mol. The van der Waals surface area contributed by atoms with Crippen molar-refractivity contribution >= 4 is 5.69 Å². The van der Waals surface area contributed by atoms with Crippen molar-refractivity contribution in [2.75, 3.05) is 24.5 Å². The third-order valence-corrected chi connectivity index (χ3v) is 5.33. The van der Waals surface area contributed by atoms with Crippen molar-refractivity contribution in [2.45, 2.75) is 51.2 Å². The van der Waals surface area contributed by atoms with Crippen LogP contribution in [0.2, 0.25) is 0 Å². The second-order valence-electron chi connectivity index (χ2n) is 6.65. The largest absolute Gasteiger partial charge is 0.389 e. The number of aliphatic hydroxyl groups is 1. The van der Waals surface area contributed by atoms with Crippen LogP contribution in [0.5, 0.6) is 0 Å². The molecule has 2 atom stereocenters. The number of nitrogens with zero attached hydrogens (tertiary/aromatic N) is 1. The van der Waals surface area contributed by atoms with Crippen molar-refractivity contribution < 1.29 is 5.11 Å². The lowest BCUT2D eigenvalue weighted by Gasteiger charge is -2.48. The van der Waals surface area contributed by atoms with Crippen LogP contribution in [0.4, 0.5) is 5.69 Å². The van der Waals surface area contributed by atoms with Crippen LogP contribution < -0.4 is 10.2 Å². The monoisotopic (exact) mass is 288 g/mol. The minimum Gasteiger partial charge on any atom is -0.389 e. The fourth-order valence-corrected chi connectivity index (χ4v) is 4.02. The van der Waals surface area contributed by atoms with Gasteiger partial charge in [-0.25, -0.2) is 0 Å². The zero-order chi connectivity index (χ0) is 14.7. The first-order valence-corrected chi connectivity index (χ1v) is 8.49. The summed E-state index contributed by atoms with van der Waals surface area (Å²) in [6.07, 6.45) is 5.59. The van der Waals surface area contributed by atoms with Gasteiger partial charge in [0, 0.05) is 31.2 Å². The van der Waals surface area contributed by atoms with Crippen molar-refractivity contribution in [3.8, 4) is 0 Å². The van der Waals surface area contributed by atoms with Crippen LogP contribution >= 0.6 is 0 Å². The SMILES string of the molecule is CCNCc1ccccc1N1CCC2(O)CCCCC2C1. The van der Waals surface area contributed by atoms with Gasteiger partial charge in [-0.15, -0.1) is 0 Å². The Kier molecular flexibility index (Phi) is 4.51. The summed E-state index contributed by atoms with van der Waals surface area (Å²) < 4.78 is 0. The number of para-hydroxylation sites is 1. The van der Waals surface area contributed by atoms with Crippen LogP contribution in [0, 0.1) is 5.92 Å². The zero-order valence-electron chi connectivity index (χ0n) is 13.1. The van der Waals surface area contributed by atoms with E-state index in [1.54, 1.807) is 0 Å². The van der Waals surface area contributed by atoms with Gasteiger partial charge < -0.3 is 15.3 Å². The van der Waals surface area contributed by atoms with Gasteiger partial charge in [0.05, 0.1) is 5.60 Å². The minimum atomic E-state index is -0.384. The van der Waals surface area contributed by atoms with Gasteiger partial charge in [0.15, 0.2) is 0 Å². The Hall–Kier alpha value is -1.06. The Bertz CT molecular complexity index is 476. The molecule has 0 spiro atoms. The molecule has 3 rings (SSSR count). The van der Waals surface area contributed by atoms with E-state index in [1.807, 2.05) is 0 Å². The van der Waals surface area contributed by atoms with Gasteiger partial charge in [-0.05, 0) is 37.4 Å². The molecule has 2 unspecified atom stereocenters. The third kappa shape index (κ3) is 3.09. The second kappa shape index (κ2) is 6.37. The molecule has 3 nitrogen and oxygen atoms in total. The van der Waals surface area contributed by atoms with E-state index in [0.29, 0.717) is 5.92 Å². The quantitative estimate of drug-likeness (QED) is 0.894. The number of fused-ring (bicyclic) bond motifs is 1. The molecule has 1 aromatic carbocycles. The van der Waals surface area contributed by atoms with E-state index < -0.39 is 0 Å². The molecular weight excluding hydrogens is 260 g/mol. The molecular formula is C18H28N2O. The van der Waals surface area contributed by atoms with Crippen LogP contribution in [-0.2, 0) is 6.54 Å². The molecule has 1 aromatic rings. The van der Waals surface area contributed by atoms with Crippen LogP contribution in [0.1, 0.15) is 44.6 Å². The third-order valence-electron chi connectivity index (χ3n) is 5.33. The maximum atomic E-state index is 10.8. The van der Waals surface area contributed by atoms with Crippen LogP contribution in [0.15, 0.2) is 24.3 Å². The van der Waals surface area contributed by atoms with Crippen molar-refractivity contribution in [3.63, 3.8) is 0 Å². The molecule has 3 heteroatoms. The maximum Gasteiger partial charge on any atom is 0.0709 e. The number of benzene rings is 1. The summed E-state index contributed by atoms with van der Waals surface area (Å²) in [5.41, 5.74) is 2.34. The van der Waals surface area contributed by atoms with E-state index in [1.165, 1.54) is 30.5 Å². The molecule has 0 aromatic heterocycles. The summed E-state index contributed by atoms with van der Waals surface area (Å²) in [5.74, 6) is 0.451. The van der Waals surface area contributed by atoms with Crippen LogP contribution in [0.3, 0.4) is 0 Å². The smallest absolute Gasteiger partial charge is 0.0709 e. The fraction of sp³-hybridized carbons (Fsp3) is 0.667. The molecule has 21 heavy (non-hydrogen) atoms. The molecule has 2 N–H and O–H groups in total. The highest BCUT2D eigenvalue weighted by atomic mass is 16.3. The van der Waals surface area contributed by atoms with Crippen LogP contribution in [0.25, 0.3) is 0 Å². The number of anilines is 1. The van der Waals surface area contributed by atoms with E-state index >= 15 is 0 Å². The van der Waals surface area contributed by atoms with Crippen molar-refractivity contribution in [1.82, 2.24) is 5.32 Å². The van der Waals surface area contributed by atoms with Gasteiger partial charge in [0.2, 0.25) is 0 Å². The molecule has 0 radical (unpaired) electrons. The van der Waals surface area contributed by atoms with Gasteiger partial charge in [0.1, 0.15) is 0 Å². The lowest BCUT2D eigenvalue weighted by atomic mass is 9.71. The lowest BCUT2D eigenvalue weighted by molar-refractivity contribution is -0.0612. The summed E-state index contributed by atoms with van der Waals surface area (Å²) in [5, 5.41) is 14.3. The summed E-state index contributed by atoms with van der Waals surface area (Å²) in [6.45, 7) is 6.07. The normalized spacial score (nSPS) is 29.2. The van der Waals surface area contributed by atoms with Crippen molar-refractivity contribution in [3.05, 3.63) is 29.8 Å². The number of piperidine rings is 1. The van der Waals surface area contributed by atoms with E-state index in [9.17, 15) is 5.11 Å².